The molecule has 2 saturated heterocycles. The number of ether oxygens (including phenoxy) is 1. The van der Waals surface area contributed by atoms with Crippen molar-refractivity contribution < 1.29 is 14.6 Å². The molecule has 0 spiro atoms. The highest BCUT2D eigenvalue weighted by Gasteiger charge is 2.30. The van der Waals surface area contributed by atoms with Crippen LogP contribution in [0, 0.1) is 5.92 Å². The number of aliphatic hydroxyl groups excluding tert-OH is 1. The minimum absolute atomic E-state index is 0.181. The fourth-order valence-electron chi connectivity index (χ4n) is 3.80. The molecular weight excluding hydrogens is 316 g/mol. The summed E-state index contributed by atoms with van der Waals surface area (Å²) in [6.07, 6.45) is 3.65. The third kappa shape index (κ3) is 5.53. The standard InChI is InChI=1S/C20H30N2O3/c23-19(16-25-15-17-6-2-1-3-7-17)14-21-12-8-18(9-13-21)20(24)22-10-4-5-11-22/h1-3,6-7,18-19,23H,4-5,8-16H2. The van der Waals surface area contributed by atoms with Crippen molar-refractivity contribution in [3.05, 3.63) is 35.9 Å². The van der Waals surface area contributed by atoms with Crippen LogP contribution in [0.3, 0.4) is 0 Å². The van der Waals surface area contributed by atoms with Crippen LogP contribution in [-0.4, -0.2) is 66.2 Å². The van der Waals surface area contributed by atoms with Crippen LogP contribution in [0.15, 0.2) is 30.3 Å². The molecule has 2 fully saturated rings. The quantitative estimate of drug-likeness (QED) is 0.819. The summed E-state index contributed by atoms with van der Waals surface area (Å²) in [5.41, 5.74) is 1.12. The van der Waals surface area contributed by atoms with Gasteiger partial charge >= 0.3 is 0 Å². The van der Waals surface area contributed by atoms with Crippen LogP contribution in [0.2, 0.25) is 0 Å². The minimum Gasteiger partial charge on any atom is -0.389 e. The van der Waals surface area contributed by atoms with Crippen LogP contribution in [0.1, 0.15) is 31.2 Å². The van der Waals surface area contributed by atoms with Crippen molar-refractivity contribution in [2.75, 3.05) is 39.3 Å². The SMILES string of the molecule is O=C(C1CCN(CC(O)COCc2ccccc2)CC1)N1CCCC1. The molecule has 1 unspecified atom stereocenters. The highest BCUT2D eigenvalue weighted by atomic mass is 16.5. The second-order valence-corrected chi connectivity index (χ2v) is 7.26. The summed E-state index contributed by atoms with van der Waals surface area (Å²) < 4.78 is 5.61. The largest absolute Gasteiger partial charge is 0.389 e. The zero-order valence-electron chi connectivity index (χ0n) is 15.0. The number of hydrogen-bond acceptors (Lipinski definition) is 4. The van der Waals surface area contributed by atoms with Gasteiger partial charge in [-0.05, 0) is 44.3 Å². The lowest BCUT2D eigenvalue weighted by Gasteiger charge is -2.34. The van der Waals surface area contributed by atoms with Crippen LogP contribution in [0.4, 0.5) is 0 Å². The third-order valence-corrected chi connectivity index (χ3v) is 5.25. The highest BCUT2D eigenvalue weighted by molar-refractivity contribution is 5.79. The Morgan fingerprint density at radius 3 is 2.48 bits per heavy atom. The molecule has 0 radical (unpaired) electrons. The number of amides is 1. The molecule has 1 N–H and O–H groups in total. The second-order valence-electron chi connectivity index (χ2n) is 7.26. The zero-order chi connectivity index (χ0) is 17.5. The van der Waals surface area contributed by atoms with E-state index in [9.17, 15) is 9.90 Å². The van der Waals surface area contributed by atoms with E-state index in [4.69, 9.17) is 4.74 Å². The van der Waals surface area contributed by atoms with E-state index in [2.05, 4.69) is 4.90 Å². The van der Waals surface area contributed by atoms with E-state index < -0.39 is 6.10 Å². The van der Waals surface area contributed by atoms with Crippen LogP contribution < -0.4 is 0 Å². The van der Waals surface area contributed by atoms with E-state index in [1.807, 2.05) is 35.2 Å². The fraction of sp³-hybridized carbons (Fsp3) is 0.650. The Kier molecular flexibility index (Phi) is 6.84. The lowest BCUT2D eigenvalue weighted by molar-refractivity contribution is -0.136. The minimum atomic E-state index is -0.477. The van der Waals surface area contributed by atoms with Crippen molar-refractivity contribution in [3.8, 4) is 0 Å². The molecule has 138 valence electrons. The van der Waals surface area contributed by atoms with Gasteiger partial charge in [0.1, 0.15) is 0 Å². The first kappa shape index (κ1) is 18.4. The molecule has 1 aromatic carbocycles. The van der Waals surface area contributed by atoms with Gasteiger partial charge in [0, 0.05) is 25.6 Å². The summed E-state index contributed by atoms with van der Waals surface area (Å²) in [5, 5.41) is 10.2. The number of β-amino-alcohol motifs (C(OH)–C–C–N with tert-alkyl or cyclic N) is 1. The van der Waals surface area contributed by atoms with Crippen molar-refractivity contribution in [3.63, 3.8) is 0 Å². The Bertz CT molecular complexity index is 523. The Balaban J connectivity index is 1.32. The first-order valence-electron chi connectivity index (χ1n) is 9.53. The van der Waals surface area contributed by atoms with Crippen molar-refractivity contribution in [2.45, 2.75) is 38.4 Å². The first-order valence-corrected chi connectivity index (χ1v) is 9.53. The van der Waals surface area contributed by atoms with Gasteiger partial charge in [-0.25, -0.2) is 0 Å². The number of aliphatic hydroxyl groups is 1. The van der Waals surface area contributed by atoms with Gasteiger partial charge in [-0.2, -0.15) is 0 Å². The van der Waals surface area contributed by atoms with Crippen molar-refractivity contribution in [1.82, 2.24) is 9.80 Å². The van der Waals surface area contributed by atoms with Crippen LogP contribution in [0.5, 0.6) is 0 Å². The number of carbonyl (C=O) groups excluding carboxylic acids is 1. The topological polar surface area (TPSA) is 53.0 Å². The van der Waals surface area contributed by atoms with Crippen LogP contribution in [-0.2, 0) is 16.1 Å². The van der Waals surface area contributed by atoms with E-state index in [0.29, 0.717) is 25.7 Å². The number of piperidine rings is 1. The molecule has 2 heterocycles. The number of benzene rings is 1. The molecule has 0 bridgehead atoms. The van der Waals surface area contributed by atoms with Crippen LogP contribution >= 0.6 is 0 Å². The molecule has 25 heavy (non-hydrogen) atoms. The van der Waals surface area contributed by atoms with E-state index in [-0.39, 0.29) is 5.92 Å². The van der Waals surface area contributed by atoms with E-state index in [1.54, 1.807) is 0 Å². The predicted molar refractivity (Wildman–Crippen MR) is 97.1 cm³/mol. The monoisotopic (exact) mass is 346 g/mol. The van der Waals surface area contributed by atoms with E-state index in [1.165, 1.54) is 0 Å². The predicted octanol–water partition coefficient (Wildman–Crippen LogP) is 1.90. The average molecular weight is 346 g/mol. The molecule has 5 heteroatoms. The molecule has 2 aliphatic rings. The summed E-state index contributed by atoms with van der Waals surface area (Å²) in [6.45, 7) is 5.16. The summed E-state index contributed by atoms with van der Waals surface area (Å²) in [5.74, 6) is 0.532. The van der Waals surface area contributed by atoms with Gasteiger partial charge in [-0.3, -0.25) is 4.79 Å². The summed E-state index contributed by atoms with van der Waals surface area (Å²) >= 11 is 0. The van der Waals surface area contributed by atoms with Gasteiger partial charge in [0.25, 0.3) is 0 Å². The molecule has 1 amide bonds. The van der Waals surface area contributed by atoms with Crippen LogP contribution in [0.25, 0.3) is 0 Å². The highest BCUT2D eigenvalue weighted by Crippen LogP contribution is 2.22. The van der Waals surface area contributed by atoms with E-state index >= 15 is 0 Å². The van der Waals surface area contributed by atoms with Gasteiger partial charge < -0.3 is 19.6 Å². The molecule has 0 aliphatic carbocycles. The summed E-state index contributed by atoms with van der Waals surface area (Å²) in [7, 11) is 0. The normalized spacial score (nSPS) is 20.8. The lowest BCUT2D eigenvalue weighted by Crippen LogP contribution is -2.44. The molecule has 0 aromatic heterocycles. The van der Waals surface area contributed by atoms with Crippen molar-refractivity contribution in [2.24, 2.45) is 5.92 Å². The average Bonchev–Trinajstić information content (AvgIpc) is 3.17. The fourth-order valence-corrected chi connectivity index (χ4v) is 3.80. The number of likely N-dealkylation sites (tertiary alicyclic amines) is 2. The molecular formula is C20H30N2O3. The van der Waals surface area contributed by atoms with Crippen molar-refractivity contribution >= 4 is 5.91 Å². The zero-order valence-corrected chi connectivity index (χ0v) is 15.0. The van der Waals surface area contributed by atoms with Crippen molar-refractivity contribution in [1.29, 1.82) is 0 Å². The molecule has 1 aromatic rings. The van der Waals surface area contributed by atoms with E-state index in [0.717, 1.165) is 57.4 Å². The maximum Gasteiger partial charge on any atom is 0.225 e. The van der Waals surface area contributed by atoms with Gasteiger partial charge in [0.2, 0.25) is 5.91 Å². The number of carbonyl (C=O) groups is 1. The molecule has 0 saturated carbocycles. The van der Waals surface area contributed by atoms with Gasteiger partial charge in [0.15, 0.2) is 0 Å². The number of rotatable bonds is 7. The Labute approximate surface area is 150 Å². The second kappa shape index (κ2) is 9.32. The van der Waals surface area contributed by atoms with Gasteiger partial charge in [-0.15, -0.1) is 0 Å². The molecule has 5 nitrogen and oxygen atoms in total. The van der Waals surface area contributed by atoms with Gasteiger partial charge in [-0.1, -0.05) is 30.3 Å². The van der Waals surface area contributed by atoms with Gasteiger partial charge in [0.05, 0.1) is 19.3 Å². The summed E-state index contributed by atoms with van der Waals surface area (Å²) in [4.78, 5) is 16.7. The maximum atomic E-state index is 12.4. The first-order chi connectivity index (χ1) is 12.2. The molecule has 2 aliphatic heterocycles. The number of hydrogen-bond donors (Lipinski definition) is 1. The smallest absolute Gasteiger partial charge is 0.225 e. The number of nitrogens with zero attached hydrogens (tertiary/aromatic N) is 2. The Morgan fingerprint density at radius 2 is 1.80 bits per heavy atom. The molecule has 1 atom stereocenters. The summed E-state index contributed by atoms with van der Waals surface area (Å²) in [6, 6.07) is 10.0. The lowest BCUT2D eigenvalue weighted by atomic mass is 9.95. The Morgan fingerprint density at radius 1 is 1.12 bits per heavy atom. The third-order valence-electron chi connectivity index (χ3n) is 5.25. The molecule has 3 rings (SSSR count). The maximum absolute atomic E-state index is 12.4. The Hall–Kier alpha value is -1.43.